The fourth-order valence-electron chi connectivity index (χ4n) is 3.10. The fraction of sp³-hybridized carbons (Fsp3) is 0.409. The lowest BCUT2D eigenvalue weighted by molar-refractivity contribution is -0.123. The minimum absolute atomic E-state index is 0. The molecule has 0 saturated carbocycles. The van der Waals surface area contributed by atoms with E-state index in [-0.39, 0.29) is 24.4 Å². The van der Waals surface area contributed by atoms with Crippen LogP contribution in [0, 0.1) is 6.92 Å². The summed E-state index contributed by atoms with van der Waals surface area (Å²) >= 11 is 0. The molecular weight excluding hydrogens is 376 g/mol. The van der Waals surface area contributed by atoms with Crippen LogP contribution in [0.5, 0.6) is 11.5 Å². The van der Waals surface area contributed by atoms with E-state index in [4.69, 9.17) is 15.2 Å². The number of halogens is 1. The quantitative estimate of drug-likeness (QED) is 0.661. The molecule has 2 atom stereocenters. The Morgan fingerprint density at radius 2 is 1.79 bits per heavy atom. The number of hydrogen-bond donors (Lipinski definition) is 2. The molecule has 6 heteroatoms. The summed E-state index contributed by atoms with van der Waals surface area (Å²) in [5.41, 5.74) is 9.35. The van der Waals surface area contributed by atoms with Crippen molar-refractivity contribution >= 4 is 18.3 Å². The predicted octanol–water partition coefficient (Wildman–Crippen LogP) is 3.96. The van der Waals surface area contributed by atoms with Crippen LogP contribution in [0.25, 0.3) is 0 Å². The predicted molar refractivity (Wildman–Crippen MR) is 115 cm³/mol. The summed E-state index contributed by atoms with van der Waals surface area (Å²) in [5.74, 6) is 1.16. The largest absolute Gasteiger partial charge is 0.493 e. The van der Waals surface area contributed by atoms with Gasteiger partial charge in [0.2, 0.25) is 5.91 Å². The molecule has 2 aromatic rings. The molecule has 0 spiro atoms. The van der Waals surface area contributed by atoms with Gasteiger partial charge >= 0.3 is 0 Å². The highest BCUT2D eigenvalue weighted by atomic mass is 35.5. The lowest BCUT2D eigenvalue weighted by atomic mass is 9.95. The molecule has 0 aliphatic carbocycles. The molecular formula is C22H31ClN2O3. The Bertz CT molecular complexity index is 767. The smallest absolute Gasteiger partial charge is 0.237 e. The van der Waals surface area contributed by atoms with E-state index in [0.29, 0.717) is 24.3 Å². The summed E-state index contributed by atoms with van der Waals surface area (Å²) < 4.78 is 10.8. The van der Waals surface area contributed by atoms with E-state index in [2.05, 4.69) is 24.4 Å². The highest BCUT2D eigenvalue weighted by Crippen LogP contribution is 2.31. The maximum atomic E-state index is 12.6. The van der Waals surface area contributed by atoms with Crippen molar-refractivity contribution in [2.45, 2.75) is 45.2 Å². The topological polar surface area (TPSA) is 73.6 Å². The first-order chi connectivity index (χ1) is 13.0. The Labute approximate surface area is 174 Å². The zero-order valence-corrected chi connectivity index (χ0v) is 17.8. The van der Waals surface area contributed by atoms with E-state index < -0.39 is 6.04 Å². The third kappa shape index (κ3) is 6.14. The molecule has 0 aliphatic rings. The van der Waals surface area contributed by atoms with Crippen LogP contribution in [0.3, 0.4) is 0 Å². The van der Waals surface area contributed by atoms with Gasteiger partial charge < -0.3 is 20.5 Å². The van der Waals surface area contributed by atoms with Crippen molar-refractivity contribution in [1.82, 2.24) is 5.32 Å². The van der Waals surface area contributed by atoms with Crippen LogP contribution in [0.1, 0.15) is 42.5 Å². The lowest BCUT2D eigenvalue weighted by Crippen LogP contribution is -2.42. The molecule has 2 aromatic carbocycles. The number of rotatable bonds is 9. The first-order valence-electron chi connectivity index (χ1n) is 9.32. The van der Waals surface area contributed by atoms with Crippen molar-refractivity contribution in [1.29, 1.82) is 0 Å². The van der Waals surface area contributed by atoms with Gasteiger partial charge in [-0.1, -0.05) is 43.7 Å². The van der Waals surface area contributed by atoms with Gasteiger partial charge in [0.1, 0.15) is 0 Å². The van der Waals surface area contributed by atoms with Crippen molar-refractivity contribution in [2.75, 3.05) is 14.2 Å². The lowest BCUT2D eigenvalue weighted by Gasteiger charge is -2.23. The summed E-state index contributed by atoms with van der Waals surface area (Å²) in [5, 5.41) is 3.12. The third-order valence-electron chi connectivity index (χ3n) is 4.75. The van der Waals surface area contributed by atoms with Crippen LogP contribution in [-0.4, -0.2) is 26.2 Å². The van der Waals surface area contributed by atoms with Crippen LogP contribution >= 0.6 is 12.4 Å². The van der Waals surface area contributed by atoms with Crippen LogP contribution in [-0.2, 0) is 11.2 Å². The fourth-order valence-corrected chi connectivity index (χ4v) is 3.10. The van der Waals surface area contributed by atoms with E-state index >= 15 is 0 Å². The number of nitrogens with one attached hydrogen (secondary N) is 1. The second-order valence-corrected chi connectivity index (χ2v) is 6.70. The first kappa shape index (κ1) is 23.8. The van der Waals surface area contributed by atoms with Crippen molar-refractivity contribution in [3.05, 3.63) is 59.2 Å². The van der Waals surface area contributed by atoms with Crippen molar-refractivity contribution in [3.63, 3.8) is 0 Å². The van der Waals surface area contributed by atoms with E-state index in [1.165, 1.54) is 11.1 Å². The average molecular weight is 407 g/mol. The van der Waals surface area contributed by atoms with Gasteiger partial charge in [-0.2, -0.15) is 0 Å². The number of benzene rings is 2. The molecule has 2 unspecified atom stereocenters. The Morgan fingerprint density at radius 3 is 2.39 bits per heavy atom. The monoisotopic (exact) mass is 406 g/mol. The Kier molecular flexibility index (Phi) is 9.83. The van der Waals surface area contributed by atoms with E-state index in [0.717, 1.165) is 12.0 Å². The maximum Gasteiger partial charge on any atom is 0.237 e. The van der Waals surface area contributed by atoms with Crippen LogP contribution in [0.15, 0.2) is 42.5 Å². The normalized spacial score (nSPS) is 12.5. The summed E-state index contributed by atoms with van der Waals surface area (Å²) in [4.78, 5) is 12.6. The SMILES string of the molecule is CCCC(N)C(=O)NC(Cc1ccccc1C)c1ccc(OC)c(OC)c1.Cl. The minimum Gasteiger partial charge on any atom is -0.493 e. The summed E-state index contributed by atoms with van der Waals surface area (Å²) in [6.07, 6.45) is 2.20. The van der Waals surface area contributed by atoms with Crippen LogP contribution in [0.4, 0.5) is 0 Å². The van der Waals surface area contributed by atoms with Crippen LogP contribution in [0.2, 0.25) is 0 Å². The number of ether oxygens (including phenoxy) is 2. The molecule has 2 rings (SSSR count). The number of nitrogens with two attached hydrogens (primary N) is 1. The Morgan fingerprint density at radius 1 is 1.11 bits per heavy atom. The molecule has 0 heterocycles. The zero-order chi connectivity index (χ0) is 19.8. The van der Waals surface area contributed by atoms with Gasteiger partial charge in [-0.15, -0.1) is 12.4 Å². The average Bonchev–Trinajstić information content (AvgIpc) is 2.68. The minimum atomic E-state index is -0.505. The summed E-state index contributed by atoms with van der Waals surface area (Å²) in [7, 11) is 3.21. The Balaban J connectivity index is 0.00000392. The molecule has 0 fully saturated rings. The van der Waals surface area contributed by atoms with E-state index in [1.807, 2.05) is 37.3 Å². The van der Waals surface area contributed by atoms with Crippen molar-refractivity contribution < 1.29 is 14.3 Å². The molecule has 154 valence electrons. The second kappa shape index (κ2) is 11.6. The summed E-state index contributed by atoms with van der Waals surface area (Å²) in [6, 6.07) is 13.2. The molecule has 28 heavy (non-hydrogen) atoms. The molecule has 0 aromatic heterocycles. The van der Waals surface area contributed by atoms with Gasteiger partial charge in [0, 0.05) is 0 Å². The standard InChI is InChI=1S/C22H30N2O3.ClH/c1-5-8-18(23)22(25)24-19(13-16-10-7-6-9-15(16)2)17-11-12-20(26-3)21(14-17)27-4;/h6-7,9-12,14,18-19H,5,8,13,23H2,1-4H3,(H,24,25);1H. The molecule has 0 radical (unpaired) electrons. The molecule has 0 aliphatic heterocycles. The van der Waals surface area contributed by atoms with Crippen molar-refractivity contribution in [2.24, 2.45) is 5.73 Å². The number of hydrogen-bond acceptors (Lipinski definition) is 4. The highest BCUT2D eigenvalue weighted by molar-refractivity contribution is 5.85. The molecule has 5 nitrogen and oxygen atoms in total. The summed E-state index contributed by atoms with van der Waals surface area (Å²) in [6.45, 7) is 4.10. The first-order valence-corrected chi connectivity index (χ1v) is 9.32. The molecule has 0 bridgehead atoms. The van der Waals surface area contributed by atoms with E-state index in [9.17, 15) is 4.79 Å². The van der Waals surface area contributed by atoms with Gasteiger partial charge in [-0.3, -0.25) is 4.79 Å². The molecule has 0 saturated heterocycles. The Hall–Kier alpha value is -2.24. The maximum absolute atomic E-state index is 12.6. The number of aryl methyl sites for hydroxylation is 1. The number of methoxy groups -OCH3 is 2. The third-order valence-corrected chi connectivity index (χ3v) is 4.75. The second-order valence-electron chi connectivity index (χ2n) is 6.70. The van der Waals surface area contributed by atoms with Gasteiger partial charge in [0.15, 0.2) is 11.5 Å². The van der Waals surface area contributed by atoms with Gasteiger partial charge in [-0.25, -0.2) is 0 Å². The van der Waals surface area contributed by atoms with Crippen molar-refractivity contribution in [3.8, 4) is 11.5 Å². The molecule has 1 amide bonds. The molecule has 3 N–H and O–H groups in total. The van der Waals surface area contributed by atoms with Gasteiger partial charge in [0.05, 0.1) is 26.3 Å². The zero-order valence-electron chi connectivity index (χ0n) is 17.0. The van der Waals surface area contributed by atoms with Gasteiger partial charge in [0.25, 0.3) is 0 Å². The number of carbonyl (C=O) groups excluding carboxylic acids is 1. The van der Waals surface area contributed by atoms with E-state index in [1.54, 1.807) is 14.2 Å². The van der Waals surface area contributed by atoms with Crippen LogP contribution < -0.4 is 20.5 Å². The van der Waals surface area contributed by atoms with Gasteiger partial charge in [-0.05, 0) is 48.6 Å². The number of carbonyl (C=O) groups is 1. The number of amides is 1. The highest BCUT2D eigenvalue weighted by Gasteiger charge is 2.21.